The molecular formula is C19H23NO2S. The van der Waals surface area contributed by atoms with Crippen LogP contribution in [0.4, 0.5) is 0 Å². The normalized spacial score (nSPS) is 26.9. The van der Waals surface area contributed by atoms with Gasteiger partial charge in [-0.05, 0) is 23.5 Å². The lowest BCUT2D eigenvalue weighted by Crippen LogP contribution is -2.64. The van der Waals surface area contributed by atoms with Crippen LogP contribution in [-0.2, 0) is 14.8 Å². The highest BCUT2D eigenvalue weighted by Crippen LogP contribution is 2.59. The van der Waals surface area contributed by atoms with Gasteiger partial charge in [0.2, 0.25) is 10.0 Å². The number of benzene rings is 2. The number of hydrogen-bond acceptors (Lipinski definition) is 2. The van der Waals surface area contributed by atoms with E-state index in [4.69, 9.17) is 0 Å². The maximum Gasteiger partial charge on any atom is 0.226 e. The number of sulfonamides is 1. The van der Waals surface area contributed by atoms with E-state index in [9.17, 15) is 8.42 Å². The second-order valence-corrected chi connectivity index (χ2v) is 8.94. The van der Waals surface area contributed by atoms with E-state index in [1.807, 2.05) is 60.7 Å². The first-order valence-corrected chi connectivity index (χ1v) is 9.43. The van der Waals surface area contributed by atoms with Crippen molar-refractivity contribution in [2.24, 2.45) is 5.92 Å². The first kappa shape index (κ1) is 16.2. The zero-order chi connectivity index (χ0) is 16.7. The highest BCUT2D eigenvalue weighted by atomic mass is 32.2. The van der Waals surface area contributed by atoms with Crippen LogP contribution in [0.3, 0.4) is 0 Å². The average Bonchev–Trinajstić information content (AvgIpc) is 2.55. The highest BCUT2D eigenvalue weighted by Gasteiger charge is 2.65. The Morgan fingerprint density at radius 1 is 1.00 bits per heavy atom. The van der Waals surface area contributed by atoms with Crippen LogP contribution in [0.1, 0.15) is 37.4 Å². The molecule has 0 spiro atoms. The third-order valence-corrected chi connectivity index (χ3v) is 7.25. The minimum atomic E-state index is -3.37. The van der Waals surface area contributed by atoms with Gasteiger partial charge in [-0.3, -0.25) is 0 Å². The fourth-order valence-electron chi connectivity index (χ4n) is 3.86. The van der Waals surface area contributed by atoms with E-state index < -0.39 is 14.8 Å². The molecular weight excluding hydrogens is 306 g/mol. The van der Waals surface area contributed by atoms with E-state index >= 15 is 0 Å². The lowest BCUT2D eigenvalue weighted by molar-refractivity contribution is 0.184. The fourth-order valence-corrected chi connectivity index (χ4v) is 6.35. The summed E-state index contributed by atoms with van der Waals surface area (Å²) < 4.78 is 26.9. The van der Waals surface area contributed by atoms with Crippen molar-refractivity contribution in [3.8, 4) is 0 Å². The topological polar surface area (TPSA) is 37.4 Å². The van der Waals surface area contributed by atoms with E-state index in [2.05, 4.69) is 13.8 Å². The second kappa shape index (κ2) is 5.77. The second-order valence-electron chi connectivity index (χ2n) is 6.69. The number of nitrogens with zero attached hydrogens (tertiary/aromatic N) is 1. The molecule has 1 fully saturated rings. The van der Waals surface area contributed by atoms with Gasteiger partial charge in [-0.25, -0.2) is 8.42 Å². The summed E-state index contributed by atoms with van der Waals surface area (Å²) >= 11 is 0. The zero-order valence-corrected chi connectivity index (χ0v) is 14.6. The van der Waals surface area contributed by atoms with Gasteiger partial charge >= 0.3 is 0 Å². The van der Waals surface area contributed by atoms with Gasteiger partial charge < -0.3 is 0 Å². The maximum absolute atomic E-state index is 13.1. The summed E-state index contributed by atoms with van der Waals surface area (Å²) in [6, 6.07) is 19.5. The van der Waals surface area contributed by atoms with Crippen LogP contribution in [0.2, 0.25) is 0 Å². The lowest BCUT2D eigenvalue weighted by Gasteiger charge is -2.55. The molecule has 1 aliphatic heterocycles. The smallest absolute Gasteiger partial charge is 0.211 e. The molecule has 2 aromatic carbocycles. The van der Waals surface area contributed by atoms with Gasteiger partial charge in [-0.1, -0.05) is 74.5 Å². The van der Waals surface area contributed by atoms with Crippen LogP contribution in [0.15, 0.2) is 60.7 Å². The molecule has 0 N–H and O–H groups in total. The molecule has 1 aliphatic rings. The van der Waals surface area contributed by atoms with Crippen molar-refractivity contribution in [1.29, 1.82) is 0 Å². The largest absolute Gasteiger partial charge is 0.226 e. The summed E-state index contributed by atoms with van der Waals surface area (Å²) in [5.41, 5.74) is 1.94. The summed E-state index contributed by atoms with van der Waals surface area (Å²) in [7, 11) is -1.69. The Hall–Kier alpha value is -1.65. The molecule has 2 atom stereocenters. The Balaban J connectivity index is 2.22. The summed E-state index contributed by atoms with van der Waals surface area (Å²) in [5.74, 6) is 0.282. The Morgan fingerprint density at radius 3 is 2.04 bits per heavy atom. The molecule has 1 saturated heterocycles. The molecule has 0 amide bonds. The van der Waals surface area contributed by atoms with Crippen molar-refractivity contribution in [1.82, 2.24) is 4.31 Å². The molecule has 23 heavy (non-hydrogen) atoms. The van der Waals surface area contributed by atoms with E-state index in [1.165, 1.54) is 4.31 Å². The van der Waals surface area contributed by atoms with Crippen LogP contribution in [0.25, 0.3) is 0 Å². The molecule has 0 radical (unpaired) electrons. The summed E-state index contributed by atoms with van der Waals surface area (Å²) in [4.78, 5) is 0. The summed E-state index contributed by atoms with van der Waals surface area (Å²) in [6.07, 6.45) is 0.614. The van der Waals surface area contributed by atoms with Crippen molar-refractivity contribution < 1.29 is 8.42 Å². The Bertz CT molecular complexity index is 772. The Morgan fingerprint density at radius 2 is 1.52 bits per heavy atom. The quantitative estimate of drug-likeness (QED) is 0.852. The number of hydrogen-bond donors (Lipinski definition) is 0. The van der Waals surface area contributed by atoms with E-state index in [0.29, 0.717) is 6.42 Å². The molecule has 3 nitrogen and oxygen atoms in total. The highest BCUT2D eigenvalue weighted by molar-refractivity contribution is 7.91. The molecule has 2 aromatic rings. The molecule has 122 valence electrons. The standard InChI is InChI=1S/C19H23NO2S/c1-15(2)14-19(17-12-8-5-9-13-17)18(20(3)23(19,21)22)16-10-6-4-7-11-16/h4-13,15,18H,14H2,1-3H3/t18-,19-/m0/s1. The van der Waals surface area contributed by atoms with Crippen molar-refractivity contribution in [3.63, 3.8) is 0 Å². The van der Waals surface area contributed by atoms with Crippen LogP contribution >= 0.6 is 0 Å². The summed E-state index contributed by atoms with van der Waals surface area (Å²) in [5, 5.41) is 0. The predicted molar refractivity (Wildman–Crippen MR) is 93.4 cm³/mol. The average molecular weight is 329 g/mol. The minimum absolute atomic E-state index is 0.154. The lowest BCUT2D eigenvalue weighted by atomic mass is 9.80. The summed E-state index contributed by atoms with van der Waals surface area (Å²) in [6.45, 7) is 4.17. The Kier molecular flexibility index (Phi) is 4.07. The first-order chi connectivity index (χ1) is 10.9. The number of likely N-dealkylation sites (N-methyl/N-ethyl adjacent to an activating group) is 1. The van der Waals surface area contributed by atoms with Crippen molar-refractivity contribution in [2.45, 2.75) is 31.1 Å². The van der Waals surface area contributed by atoms with E-state index in [1.54, 1.807) is 7.05 Å². The fraction of sp³-hybridized carbons (Fsp3) is 0.368. The van der Waals surface area contributed by atoms with Crippen LogP contribution in [-0.4, -0.2) is 19.8 Å². The third-order valence-electron chi connectivity index (χ3n) is 4.73. The van der Waals surface area contributed by atoms with Crippen LogP contribution in [0.5, 0.6) is 0 Å². The molecule has 3 rings (SSSR count). The first-order valence-electron chi connectivity index (χ1n) is 7.99. The maximum atomic E-state index is 13.1. The number of rotatable bonds is 4. The molecule has 0 aromatic heterocycles. The van der Waals surface area contributed by atoms with Gasteiger partial charge in [0.15, 0.2) is 0 Å². The van der Waals surface area contributed by atoms with Crippen molar-refractivity contribution >= 4 is 10.0 Å². The monoisotopic (exact) mass is 329 g/mol. The van der Waals surface area contributed by atoms with Gasteiger partial charge in [0.05, 0.1) is 6.04 Å². The van der Waals surface area contributed by atoms with Crippen molar-refractivity contribution in [3.05, 3.63) is 71.8 Å². The molecule has 4 heteroatoms. The van der Waals surface area contributed by atoms with E-state index in [-0.39, 0.29) is 12.0 Å². The zero-order valence-electron chi connectivity index (χ0n) is 13.8. The predicted octanol–water partition coefficient (Wildman–Crippen LogP) is 3.94. The molecule has 0 saturated carbocycles. The van der Waals surface area contributed by atoms with Crippen LogP contribution in [0, 0.1) is 5.92 Å². The molecule has 0 unspecified atom stereocenters. The third kappa shape index (κ3) is 2.32. The van der Waals surface area contributed by atoms with E-state index in [0.717, 1.165) is 11.1 Å². The van der Waals surface area contributed by atoms with Crippen molar-refractivity contribution in [2.75, 3.05) is 7.05 Å². The molecule has 0 aliphatic carbocycles. The molecule has 1 heterocycles. The van der Waals surface area contributed by atoms with Gasteiger partial charge in [-0.15, -0.1) is 0 Å². The van der Waals surface area contributed by atoms with Gasteiger partial charge in [0.25, 0.3) is 0 Å². The SMILES string of the molecule is CC(C)C[C@]1(c2ccccc2)[C@H](c2ccccc2)N(C)S1(=O)=O. The van der Waals surface area contributed by atoms with Gasteiger partial charge in [-0.2, -0.15) is 4.31 Å². The minimum Gasteiger partial charge on any atom is -0.211 e. The van der Waals surface area contributed by atoms with Gasteiger partial charge in [0.1, 0.15) is 4.75 Å². The van der Waals surface area contributed by atoms with Gasteiger partial charge in [0, 0.05) is 7.05 Å². The van der Waals surface area contributed by atoms with Crippen LogP contribution < -0.4 is 0 Å². The molecule has 0 bridgehead atoms. The Labute approximate surface area is 139 Å².